The molecule has 5 heteroatoms. The monoisotopic (exact) mass is 216 g/mol. The summed E-state index contributed by atoms with van der Waals surface area (Å²) in [6.45, 7) is 7.26. The predicted molar refractivity (Wildman–Crippen MR) is 57.6 cm³/mol. The number of hydrogen-bond donors (Lipinski definition) is 0. The number of rotatable bonds is 5. The molecule has 0 aromatic rings. The minimum Gasteiger partial charge on any atom is -0.450 e. The number of likely N-dealkylation sites (N-methyl/N-ethyl adjacent to an activating group) is 2. The Bertz CT molecular complexity index is 215. The number of carbonyl (C=O) groups excluding carboxylic acids is 2. The Hall–Kier alpha value is -1.26. The molecule has 5 nitrogen and oxygen atoms in total. The molecule has 0 fully saturated rings. The summed E-state index contributed by atoms with van der Waals surface area (Å²) in [6, 6.07) is 0. The van der Waals surface area contributed by atoms with E-state index < -0.39 is 6.09 Å². The highest BCUT2D eigenvalue weighted by molar-refractivity contribution is 5.82. The first-order valence-electron chi connectivity index (χ1n) is 5.22. The van der Waals surface area contributed by atoms with Gasteiger partial charge in [0, 0.05) is 20.1 Å². The van der Waals surface area contributed by atoms with E-state index in [9.17, 15) is 9.59 Å². The van der Waals surface area contributed by atoms with Crippen molar-refractivity contribution in [2.24, 2.45) is 0 Å². The first kappa shape index (κ1) is 13.7. The Morgan fingerprint density at radius 3 is 2.07 bits per heavy atom. The van der Waals surface area contributed by atoms with Crippen molar-refractivity contribution in [3.8, 4) is 0 Å². The second-order valence-corrected chi connectivity index (χ2v) is 3.12. The smallest absolute Gasteiger partial charge is 0.409 e. The van der Waals surface area contributed by atoms with E-state index in [1.807, 2.05) is 13.8 Å². The van der Waals surface area contributed by atoms with Gasteiger partial charge in [0.1, 0.15) is 6.54 Å². The van der Waals surface area contributed by atoms with Crippen molar-refractivity contribution in [3.63, 3.8) is 0 Å². The maximum atomic E-state index is 11.6. The van der Waals surface area contributed by atoms with Crippen LogP contribution in [-0.2, 0) is 9.53 Å². The molecule has 0 saturated carbocycles. The first-order valence-corrected chi connectivity index (χ1v) is 5.22. The molecule has 0 aliphatic carbocycles. The summed E-state index contributed by atoms with van der Waals surface area (Å²) < 4.78 is 4.77. The van der Waals surface area contributed by atoms with Gasteiger partial charge in [-0.15, -0.1) is 0 Å². The number of ether oxygens (including phenoxy) is 1. The molecular formula is C10H20N2O3. The fraction of sp³-hybridized carbons (Fsp3) is 0.800. The van der Waals surface area contributed by atoms with Crippen molar-refractivity contribution in [2.75, 3.05) is 33.3 Å². The summed E-state index contributed by atoms with van der Waals surface area (Å²) in [5.74, 6) is -0.0597. The number of hydrogen-bond acceptors (Lipinski definition) is 3. The first-order chi connectivity index (χ1) is 7.06. The normalized spacial score (nSPS) is 9.60. The van der Waals surface area contributed by atoms with Crippen LogP contribution in [0.5, 0.6) is 0 Å². The van der Waals surface area contributed by atoms with Crippen LogP contribution in [0.4, 0.5) is 4.79 Å². The standard InChI is InChI=1S/C10H20N2O3/c1-5-12(6-2)9(13)8-11(4)10(14)15-7-3/h5-8H2,1-4H3. The number of carbonyl (C=O) groups is 2. The predicted octanol–water partition coefficient (Wildman–Crippen LogP) is 0.943. The van der Waals surface area contributed by atoms with Crippen molar-refractivity contribution >= 4 is 12.0 Å². The van der Waals surface area contributed by atoms with Crippen LogP contribution >= 0.6 is 0 Å². The molecule has 0 rings (SSSR count). The topological polar surface area (TPSA) is 49.9 Å². The molecule has 0 spiro atoms. The van der Waals surface area contributed by atoms with E-state index in [-0.39, 0.29) is 12.5 Å². The van der Waals surface area contributed by atoms with Crippen LogP contribution in [0.25, 0.3) is 0 Å². The van der Waals surface area contributed by atoms with Gasteiger partial charge in [0.05, 0.1) is 6.61 Å². The van der Waals surface area contributed by atoms with Gasteiger partial charge in [0.2, 0.25) is 5.91 Å². The SMILES string of the molecule is CCOC(=O)N(C)CC(=O)N(CC)CC. The van der Waals surface area contributed by atoms with Gasteiger partial charge in [-0.3, -0.25) is 4.79 Å². The Labute approximate surface area is 91.0 Å². The van der Waals surface area contributed by atoms with Gasteiger partial charge < -0.3 is 14.5 Å². The van der Waals surface area contributed by atoms with Crippen LogP contribution < -0.4 is 0 Å². The van der Waals surface area contributed by atoms with Crippen molar-refractivity contribution in [3.05, 3.63) is 0 Å². The van der Waals surface area contributed by atoms with E-state index in [1.54, 1.807) is 18.9 Å². The summed E-state index contributed by atoms with van der Waals surface area (Å²) in [7, 11) is 1.55. The lowest BCUT2D eigenvalue weighted by atomic mass is 10.4. The van der Waals surface area contributed by atoms with Crippen molar-refractivity contribution < 1.29 is 14.3 Å². The summed E-state index contributed by atoms with van der Waals surface area (Å²) in [4.78, 5) is 25.8. The van der Waals surface area contributed by atoms with Crippen molar-refractivity contribution in [2.45, 2.75) is 20.8 Å². The summed E-state index contributed by atoms with van der Waals surface area (Å²) in [6.07, 6.45) is -0.460. The molecule has 0 unspecified atom stereocenters. The Balaban J connectivity index is 4.10. The average Bonchev–Trinajstić information content (AvgIpc) is 2.19. The molecule has 0 atom stereocenters. The molecular weight excluding hydrogens is 196 g/mol. The van der Waals surface area contributed by atoms with Crippen LogP contribution in [0.15, 0.2) is 0 Å². The lowest BCUT2D eigenvalue weighted by Gasteiger charge is -2.22. The zero-order valence-electron chi connectivity index (χ0n) is 9.95. The van der Waals surface area contributed by atoms with Crippen LogP contribution in [0.2, 0.25) is 0 Å². The third-order valence-electron chi connectivity index (χ3n) is 2.07. The molecule has 0 heterocycles. The zero-order chi connectivity index (χ0) is 11.8. The molecule has 0 aliphatic rings. The van der Waals surface area contributed by atoms with Crippen molar-refractivity contribution in [1.29, 1.82) is 0 Å². The molecule has 0 bridgehead atoms. The maximum absolute atomic E-state index is 11.6. The number of amides is 2. The Morgan fingerprint density at radius 1 is 1.13 bits per heavy atom. The number of nitrogens with zero attached hydrogens (tertiary/aromatic N) is 2. The van der Waals surface area contributed by atoms with Gasteiger partial charge in [-0.05, 0) is 20.8 Å². The van der Waals surface area contributed by atoms with Gasteiger partial charge in [-0.25, -0.2) is 4.79 Å². The molecule has 0 aromatic carbocycles. The molecule has 88 valence electrons. The second-order valence-electron chi connectivity index (χ2n) is 3.12. The Morgan fingerprint density at radius 2 is 1.67 bits per heavy atom. The molecule has 15 heavy (non-hydrogen) atoms. The molecule has 0 N–H and O–H groups in total. The largest absolute Gasteiger partial charge is 0.450 e. The minimum atomic E-state index is -0.460. The van der Waals surface area contributed by atoms with Gasteiger partial charge in [-0.1, -0.05) is 0 Å². The Kier molecular flexibility index (Phi) is 6.49. The second kappa shape index (κ2) is 7.09. The lowest BCUT2D eigenvalue weighted by molar-refractivity contribution is -0.131. The van der Waals surface area contributed by atoms with E-state index in [4.69, 9.17) is 4.74 Å². The lowest BCUT2D eigenvalue weighted by Crippen LogP contribution is -2.41. The van der Waals surface area contributed by atoms with Gasteiger partial charge >= 0.3 is 6.09 Å². The van der Waals surface area contributed by atoms with Crippen LogP contribution in [0, 0.1) is 0 Å². The van der Waals surface area contributed by atoms with Crippen LogP contribution in [0.1, 0.15) is 20.8 Å². The maximum Gasteiger partial charge on any atom is 0.409 e. The highest BCUT2D eigenvalue weighted by atomic mass is 16.6. The fourth-order valence-electron chi connectivity index (χ4n) is 1.18. The molecule has 0 aromatic heterocycles. The van der Waals surface area contributed by atoms with Gasteiger partial charge in [0.25, 0.3) is 0 Å². The molecule has 0 aliphatic heterocycles. The summed E-state index contributed by atoms with van der Waals surface area (Å²) in [5, 5.41) is 0. The fourth-order valence-corrected chi connectivity index (χ4v) is 1.18. The van der Waals surface area contributed by atoms with E-state index in [2.05, 4.69) is 0 Å². The summed E-state index contributed by atoms with van der Waals surface area (Å²) >= 11 is 0. The van der Waals surface area contributed by atoms with Crippen molar-refractivity contribution in [1.82, 2.24) is 9.80 Å². The van der Waals surface area contributed by atoms with E-state index >= 15 is 0 Å². The highest BCUT2D eigenvalue weighted by Crippen LogP contribution is 1.94. The quantitative estimate of drug-likeness (QED) is 0.687. The minimum absolute atomic E-state index is 0.0597. The molecule has 2 amide bonds. The van der Waals surface area contributed by atoms with Gasteiger partial charge in [-0.2, -0.15) is 0 Å². The van der Waals surface area contributed by atoms with Gasteiger partial charge in [0.15, 0.2) is 0 Å². The van der Waals surface area contributed by atoms with E-state index in [0.29, 0.717) is 19.7 Å². The molecule has 0 saturated heterocycles. The summed E-state index contributed by atoms with van der Waals surface area (Å²) in [5.41, 5.74) is 0. The zero-order valence-corrected chi connectivity index (χ0v) is 9.95. The van der Waals surface area contributed by atoms with Crippen LogP contribution in [-0.4, -0.2) is 55.1 Å². The van der Waals surface area contributed by atoms with Crippen LogP contribution in [0.3, 0.4) is 0 Å². The van der Waals surface area contributed by atoms with E-state index in [0.717, 1.165) is 0 Å². The highest BCUT2D eigenvalue weighted by Gasteiger charge is 2.16. The third-order valence-corrected chi connectivity index (χ3v) is 2.07. The average molecular weight is 216 g/mol. The van der Waals surface area contributed by atoms with E-state index in [1.165, 1.54) is 4.90 Å². The third kappa shape index (κ3) is 4.67. The molecule has 0 radical (unpaired) electrons.